The van der Waals surface area contributed by atoms with Gasteiger partial charge in [0.05, 0.1) is 5.69 Å². The van der Waals surface area contributed by atoms with Gasteiger partial charge in [-0.2, -0.15) is 0 Å². The maximum Gasteiger partial charge on any atom is 0.195 e. The molecule has 4 heterocycles. The summed E-state index contributed by atoms with van der Waals surface area (Å²) in [5.74, 6) is 0.953. The predicted molar refractivity (Wildman–Crippen MR) is 108 cm³/mol. The Balaban J connectivity index is 1.42. The number of piperazine rings is 1. The van der Waals surface area contributed by atoms with Crippen LogP contribution in [0.15, 0.2) is 30.6 Å². The third-order valence-electron chi connectivity index (χ3n) is 5.04. The molecule has 1 fully saturated rings. The van der Waals surface area contributed by atoms with Gasteiger partial charge in [-0.3, -0.25) is 4.40 Å². The molecular formula is C19H19ClN4OS. The van der Waals surface area contributed by atoms with Crippen molar-refractivity contribution in [1.29, 1.82) is 0 Å². The summed E-state index contributed by atoms with van der Waals surface area (Å²) in [5, 5.41) is 0. The van der Waals surface area contributed by atoms with Gasteiger partial charge in [-0.25, -0.2) is 4.98 Å². The van der Waals surface area contributed by atoms with Crippen molar-refractivity contribution in [2.45, 2.75) is 0 Å². The van der Waals surface area contributed by atoms with Crippen molar-refractivity contribution in [2.24, 2.45) is 0 Å². The molecule has 0 spiro atoms. The number of fused-ring (bicyclic) bond motifs is 2. The van der Waals surface area contributed by atoms with Gasteiger partial charge in [0.25, 0.3) is 0 Å². The lowest BCUT2D eigenvalue weighted by Crippen LogP contribution is -2.44. The van der Waals surface area contributed by atoms with Gasteiger partial charge in [0.15, 0.2) is 4.96 Å². The Morgan fingerprint density at radius 1 is 1.15 bits per heavy atom. The van der Waals surface area contributed by atoms with Crippen LogP contribution in [0.5, 0.6) is 5.75 Å². The summed E-state index contributed by atoms with van der Waals surface area (Å²) in [7, 11) is 2.17. The first-order chi connectivity index (χ1) is 12.7. The van der Waals surface area contributed by atoms with Crippen molar-refractivity contribution >= 4 is 45.2 Å². The molecule has 0 saturated carbocycles. The van der Waals surface area contributed by atoms with Crippen LogP contribution in [0.4, 0.5) is 5.69 Å². The van der Waals surface area contributed by atoms with E-state index >= 15 is 0 Å². The molecule has 1 saturated heterocycles. The highest BCUT2D eigenvalue weighted by atomic mass is 35.5. The average molecular weight is 387 g/mol. The second kappa shape index (κ2) is 6.30. The number of imidazole rings is 1. The van der Waals surface area contributed by atoms with E-state index in [2.05, 4.69) is 46.1 Å². The van der Waals surface area contributed by atoms with Crippen molar-refractivity contribution in [1.82, 2.24) is 14.3 Å². The molecule has 134 valence electrons. The molecule has 7 heteroatoms. The number of hydrogen-bond acceptors (Lipinski definition) is 5. The van der Waals surface area contributed by atoms with Crippen LogP contribution in [0.2, 0.25) is 4.34 Å². The molecule has 5 nitrogen and oxygen atoms in total. The number of thiazole rings is 1. The lowest BCUT2D eigenvalue weighted by atomic mass is 10.0. The van der Waals surface area contributed by atoms with Gasteiger partial charge in [0.2, 0.25) is 0 Å². The Morgan fingerprint density at radius 3 is 2.81 bits per heavy atom. The Morgan fingerprint density at radius 2 is 2.00 bits per heavy atom. The van der Waals surface area contributed by atoms with Crippen molar-refractivity contribution in [2.75, 3.05) is 44.7 Å². The minimum Gasteiger partial charge on any atom is -0.488 e. The van der Waals surface area contributed by atoms with E-state index in [-0.39, 0.29) is 0 Å². The molecule has 26 heavy (non-hydrogen) atoms. The molecule has 0 aliphatic carbocycles. The summed E-state index contributed by atoms with van der Waals surface area (Å²) in [6.45, 7) is 4.86. The van der Waals surface area contributed by atoms with Crippen LogP contribution >= 0.6 is 22.9 Å². The lowest BCUT2D eigenvalue weighted by molar-refractivity contribution is 0.312. The van der Waals surface area contributed by atoms with Crippen molar-refractivity contribution in [3.05, 3.63) is 46.2 Å². The maximum absolute atomic E-state index is 6.06. The average Bonchev–Trinajstić information content (AvgIpc) is 3.19. The van der Waals surface area contributed by atoms with Crippen molar-refractivity contribution in [3.8, 4) is 5.75 Å². The fourth-order valence-corrected chi connectivity index (χ4v) is 4.49. The first-order valence-electron chi connectivity index (χ1n) is 8.71. The molecule has 0 radical (unpaired) electrons. The third kappa shape index (κ3) is 2.88. The van der Waals surface area contributed by atoms with E-state index < -0.39 is 0 Å². The van der Waals surface area contributed by atoms with Gasteiger partial charge in [-0.15, -0.1) is 0 Å². The Hall–Kier alpha value is -2.02. The molecule has 3 aromatic rings. The van der Waals surface area contributed by atoms with Crippen LogP contribution in [0.25, 0.3) is 16.6 Å². The van der Waals surface area contributed by atoms with E-state index in [0.717, 1.165) is 58.1 Å². The molecule has 0 bridgehead atoms. The highest BCUT2D eigenvalue weighted by Crippen LogP contribution is 2.34. The molecule has 1 aromatic carbocycles. The zero-order chi connectivity index (χ0) is 17.7. The summed E-state index contributed by atoms with van der Waals surface area (Å²) in [6, 6.07) is 6.51. The summed E-state index contributed by atoms with van der Waals surface area (Å²) in [4.78, 5) is 10.4. The van der Waals surface area contributed by atoms with Gasteiger partial charge in [0.1, 0.15) is 16.7 Å². The second-order valence-corrected chi connectivity index (χ2v) is 8.46. The zero-order valence-corrected chi connectivity index (χ0v) is 16.1. The fourth-order valence-electron chi connectivity index (χ4n) is 3.48. The van der Waals surface area contributed by atoms with E-state index in [1.807, 2.05) is 16.8 Å². The number of halogens is 1. The topological polar surface area (TPSA) is 33.0 Å². The minimum atomic E-state index is 0.539. The molecular weight excluding hydrogens is 368 g/mol. The predicted octanol–water partition coefficient (Wildman–Crippen LogP) is 3.73. The smallest absolute Gasteiger partial charge is 0.195 e. The molecule has 0 atom stereocenters. The fraction of sp³-hybridized carbons (Fsp3) is 0.316. The van der Waals surface area contributed by atoms with Crippen molar-refractivity contribution < 1.29 is 4.74 Å². The standard InChI is InChI=1S/C19H19ClN4OS/c1-22-4-6-23(7-5-22)15-3-2-13-8-14(12-25-17(13)9-15)16-10-24-11-18(20)26-19(24)21-16/h2-3,8-11H,4-7,12H2,1H3. The summed E-state index contributed by atoms with van der Waals surface area (Å²) >= 11 is 7.51. The summed E-state index contributed by atoms with van der Waals surface area (Å²) in [6.07, 6.45) is 6.08. The van der Waals surface area contributed by atoms with Gasteiger partial charge in [-0.05, 0) is 25.3 Å². The Bertz CT molecular complexity index is 969. The molecule has 0 N–H and O–H groups in total. The van der Waals surface area contributed by atoms with E-state index in [1.165, 1.54) is 17.0 Å². The molecule has 2 aliphatic heterocycles. The van der Waals surface area contributed by atoms with Crippen LogP contribution in [0.3, 0.4) is 0 Å². The Labute approximate surface area is 161 Å². The molecule has 0 unspecified atom stereocenters. The first kappa shape index (κ1) is 16.2. The quantitative estimate of drug-likeness (QED) is 0.671. The van der Waals surface area contributed by atoms with Gasteiger partial charge in [0, 0.05) is 61.5 Å². The summed E-state index contributed by atoms with van der Waals surface area (Å²) < 4.78 is 8.77. The van der Waals surface area contributed by atoms with Gasteiger partial charge < -0.3 is 14.5 Å². The van der Waals surface area contributed by atoms with Crippen LogP contribution in [0.1, 0.15) is 11.3 Å². The number of rotatable bonds is 2. The molecule has 2 aromatic heterocycles. The SMILES string of the molecule is CN1CCN(c2ccc3c(c2)OCC(c2cn4cc(Cl)sc4n2)=C3)CC1. The highest BCUT2D eigenvalue weighted by Gasteiger charge is 2.19. The normalized spacial score (nSPS) is 17.9. The monoisotopic (exact) mass is 386 g/mol. The number of aromatic nitrogens is 2. The van der Waals surface area contributed by atoms with Crippen LogP contribution in [-0.2, 0) is 0 Å². The van der Waals surface area contributed by atoms with Crippen LogP contribution in [-0.4, -0.2) is 54.1 Å². The molecule has 0 amide bonds. The number of likely N-dealkylation sites (N-methyl/N-ethyl adjacent to an activating group) is 1. The molecule has 5 rings (SSSR count). The zero-order valence-electron chi connectivity index (χ0n) is 14.5. The van der Waals surface area contributed by atoms with E-state index in [9.17, 15) is 0 Å². The number of ether oxygens (including phenoxy) is 1. The van der Waals surface area contributed by atoms with Crippen LogP contribution < -0.4 is 9.64 Å². The van der Waals surface area contributed by atoms with E-state index in [0.29, 0.717) is 6.61 Å². The number of anilines is 1. The summed E-state index contributed by atoms with van der Waals surface area (Å²) in [5.41, 5.74) is 4.39. The van der Waals surface area contributed by atoms with Gasteiger partial charge in [-0.1, -0.05) is 22.9 Å². The third-order valence-corrected chi connectivity index (χ3v) is 6.15. The van der Waals surface area contributed by atoms with E-state index in [4.69, 9.17) is 16.3 Å². The van der Waals surface area contributed by atoms with Crippen molar-refractivity contribution in [3.63, 3.8) is 0 Å². The number of hydrogen-bond donors (Lipinski definition) is 0. The number of nitrogens with zero attached hydrogens (tertiary/aromatic N) is 4. The lowest BCUT2D eigenvalue weighted by Gasteiger charge is -2.34. The van der Waals surface area contributed by atoms with E-state index in [1.54, 1.807) is 0 Å². The number of benzene rings is 1. The Kier molecular flexibility index (Phi) is 3.92. The largest absolute Gasteiger partial charge is 0.488 e. The highest BCUT2D eigenvalue weighted by molar-refractivity contribution is 7.20. The molecule has 2 aliphatic rings. The van der Waals surface area contributed by atoms with Gasteiger partial charge >= 0.3 is 0 Å². The second-order valence-electron chi connectivity index (χ2n) is 6.82. The van der Waals surface area contributed by atoms with Crippen LogP contribution in [0, 0.1) is 0 Å². The minimum absolute atomic E-state index is 0.539. The first-order valence-corrected chi connectivity index (χ1v) is 9.90. The maximum atomic E-state index is 6.06.